The Hall–Kier alpha value is -1.67. The van der Waals surface area contributed by atoms with Crippen LogP contribution in [0.15, 0.2) is 36.4 Å². The van der Waals surface area contributed by atoms with Crippen molar-refractivity contribution >= 4 is 33.4 Å². The lowest BCUT2D eigenvalue weighted by Crippen LogP contribution is -1.83. The van der Waals surface area contributed by atoms with Gasteiger partial charge in [-0.15, -0.1) is 0 Å². The molecule has 3 aromatic rings. The molecule has 16 heavy (non-hydrogen) atoms. The van der Waals surface area contributed by atoms with Gasteiger partial charge >= 0.3 is 0 Å². The zero-order chi connectivity index (χ0) is 11.1. The summed E-state index contributed by atoms with van der Waals surface area (Å²) < 4.78 is 5.20. The largest absolute Gasteiger partial charge is 0.495 e. The van der Waals surface area contributed by atoms with E-state index >= 15 is 0 Å². The number of nitrogens with one attached hydrogen (secondary N) is 1. The summed E-state index contributed by atoms with van der Waals surface area (Å²) >= 11 is 6.12. The Kier molecular flexibility index (Phi) is 2.04. The van der Waals surface area contributed by atoms with E-state index in [2.05, 4.69) is 17.1 Å². The van der Waals surface area contributed by atoms with E-state index in [1.54, 1.807) is 7.11 Å². The molecule has 0 radical (unpaired) electrons. The second-order valence-electron chi connectivity index (χ2n) is 3.70. The first-order chi connectivity index (χ1) is 7.79. The molecule has 0 bridgehead atoms. The number of para-hydroxylation sites is 1. The number of ether oxygens (including phenoxy) is 1. The Bertz CT molecular complexity index is 672. The summed E-state index contributed by atoms with van der Waals surface area (Å²) in [5.41, 5.74) is 2.16. The highest BCUT2D eigenvalue weighted by atomic mass is 35.5. The molecule has 0 saturated heterocycles. The Balaban J connectivity index is 2.46. The van der Waals surface area contributed by atoms with E-state index in [9.17, 15) is 0 Å². The fourth-order valence-electron chi connectivity index (χ4n) is 2.01. The monoisotopic (exact) mass is 231 g/mol. The van der Waals surface area contributed by atoms with Crippen LogP contribution in [0.3, 0.4) is 0 Å². The van der Waals surface area contributed by atoms with Crippen LogP contribution in [0.1, 0.15) is 0 Å². The predicted octanol–water partition coefficient (Wildman–Crippen LogP) is 3.98. The number of hydrogen-bond donors (Lipinski definition) is 1. The molecule has 0 aliphatic carbocycles. The number of halogens is 1. The predicted molar refractivity (Wildman–Crippen MR) is 67.4 cm³/mol. The summed E-state index contributed by atoms with van der Waals surface area (Å²) in [5, 5.41) is 2.95. The quantitative estimate of drug-likeness (QED) is 0.673. The molecule has 0 fully saturated rings. The van der Waals surface area contributed by atoms with Crippen LogP contribution in [-0.4, -0.2) is 12.1 Å². The molecule has 1 N–H and O–H groups in total. The number of fused-ring (bicyclic) bond motifs is 3. The van der Waals surface area contributed by atoms with Crippen molar-refractivity contribution in [2.24, 2.45) is 0 Å². The van der Waals surface area contributed by atoms with E-state index in [-0.39, 0.29) is 0 Å². The zero-order valence-electron chi connectivity index (χ0n) is 8.75. The molecule has 1 heterocycles. The summed E-state index contributed by atoms with van der Waals surface area (Å²) in [7, 11) is 1.62. The van der Waals surface area contributed by atoms with Gasteiger partial charge < -0.3 is 9.72 Å². The van der Waals surface area contributed by atoms with Crippen LogP contribution in [0, 0.1) is 0 Å². The van der Waals surface area contributed by atoms with Crippen LogP contribution >= 0.6 is 11.6 Å². The van der Waals surface area contributed by atoms with Crippen LogP contribution in [0.25, 0.3) is 21.8 Å². The molecule has 0 aliphatic heterocycles. The van der Waals surface area contributed by atoms with Crippen molar-refractivity contribution in [3.8, 4) is 5.75 Å². The molecule has 0 amide bonds. The summed E-state index contributed by atoms with van der Waals surface area (Å²) in [6, 6.07) is 12.0. The van der Waals surface area contributed by atoms with Crippen LogP contribution in [0.2, 0.25) is 5.02 Å². The fourth-order valence-corrected chi connectivity index (χ4v) is 2.25. The van der Waals surface area contributed by atoms with E-state index in [4.69, 9.17) is 16.3 Å². The van der Waals surface area contributed by atoms with Gasteiger partial charge in [0.2, 0.25) is 0 Å². The highest BCUT2D eigenvalue weighted by Gasteiger charge is 2.08. The molecular weight excluding hydrogens is 222 g/mol. The third kappa shape index (κ3) is 1.27. The van der Waals surface area contributed by atoms with Gasteiger partial charge in [0.05, 0.1) is 17.6 Å². The van der Waals surface area contributed by atoms with Crippen molar-refractivity contribution in [3.05, 3.63) is 41.4 Å². The average Bonchev–Trinajstić information content (AvgIpc) is 2.66. The molecule has 0 aliphatic rings. The van der Waals surface area contributed by atoms with Gasteiger partial charge in [0, 0.05) is 22.4 Å². The lowest BCUT2D eigenvalue weighted by atomic mass is 10.1. The third-order valence-corrected chi connectivity index (χ3v) is 3.07. The SMILES string of the molecule is COc1cc2[nH]c3ccccc3c2cc1Cl. The second-order valence-corrected chi connectivity index (χ2v) is 4.11. The van der Waals surface area contributed by atoms with Gasteiger partial charge in [-0.2, -0.15) is 0 Å². The number of H-pyrrole nitrogens is 1. The van der Waals surface area contributed by atoms with Gasteiger partial charge in [0.15, 0.2) is 0 Å². The molecule has 0 unspecified atom stereocenters. The number of rotatable bonds is 1. The number of benzene rings is 2. The van der Waals surface area contributed by atoms with Crippen molar-refractivity contribution < 1.29 is 4.74 Å². The molecule has 80 valence electrons. The highest BCUT2D eigenvalue weighted by Crippen LogP contribution is 2.33. The van der Waals surface area contributed by atoms with Crippen molar-refractivity contribution in [2.75, 3.05) is 7.11 Å². The standard InChI is InChI=1S/C13H10ClNO/c1-16-13-7-12-9(6-10(13)14)8-4-2-3-5-11(8)15-12/h2-7,15H,1H3. The molecule has 0 atom stereocenters. The number of aromatic amines is 1. The lowest BCUT2D eigenvalue weighted by molar-refractivity contribution is 0.415. The van der Waals surface area contributed by atoms with Gasteiger partial charge in [0.1, 0.15) is 5.75 Å². The molecule has 1 aromatic heterocycles. The minimum Gasteiger partial charge on any atom is -0.495 e. The van der Waals surface area contributed by atoms with E-state index < -0.39 is 0 Å². The lowest BCUT2D eigenvalue weighted by Gasteiger charge is -2.02. The maximum Gasteiger partial charge on any atom is 0.139 e. The normalized spacial score (nSPS) is 11.1. The maximum absolute atomic E-state index is 6.12. The van der Waals surface area contributed by atoms with Gasteiger partial charge in [0.25, 0.3) is 0 Å². The topological polar surface area (TPSA) is 25.0 Å². The molecular formula is C13H10ClNO. The van der Waals surface area contributed by atoms with E-state index in [1.165, 1.54) is 5.39 Å². The Labute approximate surface area is 97.8 Å². The minimum atomic E-state index is 0.639. The van der Waals surface area contributed by atoms with Crippen molar-refractivity contribution in [1.82, 2.24) is 4.98 Å². The number of aromatic nitrogens is 1. The molecule has 0 saturated carbocycles. The molecule has 2 aromatic carbocycles. The number of methoxy groups -OCH3 is 1. The average molecular weight is 232 g/mol. The van der Waals surface area contributed by atoms with Gasteiger partial charge in [-0.3, -0.25) is 0 Å². The van der Waals surface area contributed by atoms with E-state index in [0.29, 0.717) is 10.8 Å². The molecule has 3 rings (SSSR count). The Morgan fingerprint density at radius 3 is 2.69 bits per heavy atom. The Morgan fingerprint density at radius 2 is 1.88 bits per heavy atom. The van der Waals surface area contributed by atoms with Crippen LogP contribution in [0.4, 0.5) is 0 Å². The Morgan fingerprint density at radius 1 is 1.06 bits per heavy atom. The summed E-state index contributed by atoms with van der Waals surface area (Å²) in [6.45, 7) is 0. The van der Waals surface area contributed by atoms with Crippen LogP contribution < -0.4 is 4.74 Å². The third-order valence-electron chi connectivity index (χ3n) is 2.78. The second kappa shape index (κ2) is 3.42. The molecule has 3 heteroatoms. The van der Waals surface area contributed by atoms with Gasteiger partial charge in [-0.25, -0.2) is 0 Å². The smallest absolute Gasteiger partial charge is 0.139 e. The first-order valence-electron chi connectivity index (χ1n) is 5.03. The van der Waals surface area contributed by atoms with E-state index in [1.807, 2.05) is 24.3 Å². The highest BCUT2D eigenvalue weighted by molar-refractivity contribution is 6.33. The van der Waals surface area contributed by atoms with Crippen molar-refractivity contribution in [3.63, 3.8) is 0 Å². The summed E-state index contributed by atoms with van der Waals surface area (Å²) in [6.07, 6.45) is 0. The summed E-state index contributed by atoms with van der Waals surface area (Å²) in [4.78, 5) is 3.34. The maximum atomic E-state index is 6.12. The summed E-state index contributed by atoms with van der Waals surface area (Å²) in [5.74, 6) is 0.695. The van der Waals surface area contributed by atoms with Gasteiger partial charge in [-0.1, -0.05) is 29.8 Å². The first-order valence-corrected chi connectivity index (χ1v) is 5.41. The van der Waals surface area contributed by atoms with Crippen LogP contribution in [0.5, 0.6) is 5.75 Å². The van der Waals surface area contributed by atoms with E-state index in [0.717, 1.165) is 16.4 Å². The van der Waals surface area contributed by atoms with Crippen LogP contribution in [-0.2, 0) is 0 Å². The van der Waals surface area contributed by atoms with Crippen molar-refractivity contribution in [2.45, 2.75) is 0 Å². The molecule has 2 nitrogen and oxygen atoms in total. The fraction of sp³-hybridized carbons (Fsp3) is 0.0769. The minimum absolute atomic E-state index is 0.639. The first kappa shape index (κ1) is 9.55. The molecule has 0 spiro atoms. The number of hydrogen-bond acceptors (Lipinski definition) is 1. The van der Waals surface area contributed by atoms with Gasteiger partial charge in [-0.05, 0) is 12.1 Å². The van der Waals surface area contributed by atoms with Crippen molar-refractivity contribution in [1.29, 1.82) is 0 Å². The zero-order valence-corrected chi connectivity index (χ0v) is 9.51.